The van der Waals surface area contributed by atoms with E-state index >= 15 is 0 Å². The molecule has 4 nitrogen and oxygen atoms in total. The molecule has 0 radical (unpaired) electrons. The van der Waals surface area contributed by atoms with Gasteiger partial charge in [0.25, 0.3) is 0 Å². The van der Waals surface area contributed by atoms with Gasteiger partial charge in [0.1, 0.15) is 0 Å². The Hall–Kier alpha value is -3.52. The number of pyridine rings is 2. The number of aromatic nitrogens is 4. The van der Waals surface area contributed by atoms with E-state index in [4.69, 9.17) is 4.98 Å². The molecule has 0 unspecified atom stereocenters. The molecule has 0 spiro atoms. The quantitative estimate of drug-likeness (QED) is 0.290. The zero-order valence-corrected chi connectivity index (χ0v) is 18.1. The van der Waals surface area contributed by atoms with E-state index in [9.17, 15) is 0 Å². The molecular formula is C26H18N4Pd. The van der Waals surface area contributed by atoms with Gasteiger partial charge in [-0.3, -0.25) is 9.97 Å². The predicted molar refractivity (Wildman–Crippen MR) is 121 cm³/mol. The molecule has 0 amide bonds. The number of rotatable bonds is 2. The molecule has 0 aliphatic heterocycles. The summed E-state index contributed by atoms with van der Waals surface area (Å²) in [6.45, 7) is 0. The van der Waals surface area contributed by atoms with Crippen molar-refractivity contribution in [1.29, 1.82) is 0 Å². The fourth-order valence-electron chi connectivity index (χ4n) is 3.34. The standard InChI is InChI=1S/C21H13N3.C5H5N.Pd/c1-3-8-16-14(6-1)12-20(22-16)18-10-5-11-19(24-18)21-13-15-7-2-4-9-17(15)23-21;1-2-4-6-5-3-1;/h1-13H;1-5H;/q-2;;+2. The molecule has 6 rings (SSSR count). The van der Waals surface area contributed by atoms with Crippen LogP contribution >= 0.6 is 0 Å². The van der Waals surface area contributed by atoms with Crippen LogP contribution < -0.4 is 9.97 Å². The Bertz CT molecular complexity index is 1220. The number of benzene rings is 2. The Morgan fingerprint density at radius 3 is 1.45 bits per heavy atom. The molecule has 0 aliphatic carbocycles. The Kier molecular flexibility index (Phi) is 6.38. The fourth-order valence-corrected chi connectivity index (χ4v) is 3.34. The summed E-state index contributed by atoms with van der Waals surface area (Å²) in [5.74, 6) is 0. The van der Waals surface area contributed by atoms with Crippen molar-refractivity contribution in [3.05, 3.63) is 109 Å². The second-order valence-corrected chi connectivity index (χ2v) is 6.83. The van der Waals surface area contributed by atoms with E-state index in [1.807, 2.05) is 72.8 Å². The van der Waals surface area contributed by atoms with Gasteiger partial charge in [0.05, 0.1) is 0 Å². The van der Waals surface area contributed by atoms with Gasteiger partial charge in [0, 0.05) is 23.8 Å². The molecule has 2 aromatic carbocycles. The van der Waals surface area contributed by atoms with Gasteiger partial charge in [-0.05, 0) is 35.0 Å². The summed E-state index contributed by atoms with van der Waals surface area (Å²) in [5.41, 5.74) is 5.53. The van der Waals surface area contributed by atoms with Crippen molar-refractivity contribution in [1.82, 2.24) is 19.9 Å². The van der Waals surface area contributed by atoms with Crippen LogP contribution in [0.1, 0.15) is 0 Å². The molecule has 0 aliphatic rings. The summed E-state index contributed by atoms with van der Waals surface area (Å²) in [6.07, 6.45) is 3.50. The van der Waals surface area contributed by atoms with E-state index in [1.165, 1.54) is 0 Å². The van der Waals surface area contributed by atoms with Crippen LogP contribution in [-0.4, -0.2) is 9.97 Å². The smallest absolute Gasteiger partial charge is 0.656 e. The summed E-state index contributed by atoms with van der Waals surface area (Å²) in [6, 6.07) is 32.1. The zero-order valence-electron chi connectivity index (χ0n) is 16.5. The van der Waals surface area contributed by atoms with Crippen molar-refractivity contribution < 1.29 is 20.4 Å². The molecular weight excluding hydrogens is 475 g/mol. The Morgan fingerprint density at radius 1 is 0.516 bits per heavy atom. The first-order chi connectivity index (χ1) is 14.9. The van der Waals surface area contributed by atoms with Crippen molar-refractivity contribution in [3.63, 3.8) is 0 Å². The predicted octanol–water partition coefficient (Wildman–Crippen LogP) is 5.72. The van der Waals surface area contributed by atoms with Crippen LogP contribution in [0.3, 0.4) is 0 Å². The fraction of sp³-hybridized carbons (Fsp3) is 0. The van der Waals surface area contributed by atoms with Crippen molar-refractivity contribution in [2.24, 2.45) is 0 Å². The van der Waals surface area contributed by atoms with Crippen molar-refractivity contribution in [2.75, 3.05) is 0 Å². The largest absolute Gasteiger partial charge is 2.00 e. The molecule has 6 aromatic rings. The average molecular weight is 493 g/mol. The minimum absolute atomic E-state index is 0. The summed E-state index contributed by atoms with van der Waals surface area (Å²) in [7, 11) is 0. The third kappa shape index (κ3) is 4.64. The summed E-state index contributed by atoms with van der Waals surface area (Å²) in [5, 5.41) is 2.27. The topological polar surface area (TPSA) is 54.0 Å². The van der Waals surface area contributed by atoms with Crippen LogP contribution in [0.5, 0.6) is 0 Å². The molecule has 0 fully saturated rings. The minimum atomic E-state index is 0. The molecule has 0 atom stereocenters. The van der Waals surface area contributed by atoms with Gasteiger partial charge in [-0.25, -0.2) is 0 Å². The van der Waals surface area contributed by atoms with Gasteiger partial charge in [-0.1, -0.05) is 72.8 Å². The van der Waals surface area contributed by atoms with Crippen molar-refractivity contribution in [3.8, 4) is 22.8 Å². The van der Waals surface area contributed by atoms with Gasteiger partial charge in [0.2, 0.25) is 0 Å². The maximum atomic E-state index is 4.78. The number of hydrogen-bond donors (Lipinski definition) is 0. The molecule has 0 saturated carbocycles. The zero-order chi connectivity index (χ0) is 20.2. The molecule has 4 heterocycles. The number of nitrogens with zero attached hydrogens (tertiary/aromatic N) is 4. The summed E-state index contributed by atoms with van der Waals surface area (Å²) >= 11 is 0. The molecule has 5 heteroatoms. The van der Waals surface area contributed by atoms with Crippen LogP contribution in [0, 0.1) is 0 Å². The van der Waals surface area contributed by atoms with Crippen molar-refractivity contribution in [2.45, 2.75) is 0 Å². The molecule has 0 N–H and O–H groups in total. The van der Waals surface area contributed by atoms with Crippen LogP contribution in [0.25, 0.3) is 44.6 Å². The van der Waals surface area contributed by atoms with Crippen LogP contribution in [0.2, 0.25) is 0 Å². The monoisotopic (exact) mass is 492 g/mol. The first kappa shape index (κ1) is 20.7. The number of para-hydroxylation sites is 2. The Labute approximate surface area is 194 Å². The molecule has 0 bridgehead atoms. The number of fused-ring (bicyclic) bond motifs is 2. The molecule has 4 aromatic heterocycles. The molecule has 0 saturated heterocycles. The van der Waals surface area contributed by atoms with Crippen LogP contribution in [-0.2, 0) is 20.4 Å². The third-order valence-electron chi connectivity index (χ3n) is 4.78. The van der Waals surface area contributed by atoms with E-state index in [1.54, 1.807) is 12.4 Å². The third-order valence-corrected chi connectivity index (χ3v) is 4.78. The number of hydrogen-bond acceptors (Lipinski definition) is 2. The second-order valence-electron chi connectivity index (χ2n) is 6.83. The average Bonchev–Trinajstić information content (AvgIpc) is 3.45. The van der Waals surface area contributed by atoms with E-state index in [2.05, 4.69) is 39.2 Å². The first-order valence-electron chi connectivity index (χ1n) is 9.74. The maximum absolute atomic E-state index is 4.78. The van der Waals surface area contributed by atoms with Gasteiger partial charge in [-0.2, -0.15) is 0 Å². The first-order valence-corrected chi connectivity index (χ1v) is 9.74. The van der Waals surface area contributed by atoms with E-state index in [0.29, 0.717) is 0 Å². The van der Waals surface area contributed by atoms with E-state index in [-0.39, 0.29) is 20.4 Å². The Morgan fingerprint density at radius 2 is 1.03 bits per heavy atom. The normalized spacial score (nSPS) is 10.3. The minimum Gasteiger partial charge on any atom is -0.656 e. The van der Waals surface area contributed by atoms with Gasteiger partial charge >= 0.3 is 20.4 Å². The van der Waals surface area contributed by atoms with Crippen LogP contribution in [0.15, 0.2) is 109 Å². The van der Waals surface area contributed by atoms with Gasteiger partial charge in [-0.15, -0.1) is 22.4 Å². The van der Waals surface area contributed by atoms with E-state index < -0.39 is 0 Å². The SMILES string of the molecule is [Pd+2].c1cc(-c2cc3ccccc3[n-]2)nc(-c2cc3ccccc3[n-]2)c1.c1ccncc1. The maximum Gasteiger partial charge on any atom is 2.00 e. The van der Waals surface area contributed by atoms with Crippen LogP contribution in [0.4, 0.5) is 0 Å². The Balaban J connectivity index is 0.000000288. The van der Waals surface area contributed by atoms with E-state index in [0.717, 1.165) is 44.6 Å². The summed E-state index contributed by atoms with van der Waals surface area (Å²) < 4.78 is 0. The second kappa shape index (κ2) is 9.53. The van der Waals surface area contributed by atoms with Gasteiger partial charge in [0.15, 0.2) is 0 Å². The molecule has 31 heavy (non-hydrogen) atoms. The van der Waals surface area contributed by atoms with Gasteiger partial charge < -0.3 is 9.97 Å². The van der Waals surface area contributed by atoms with Crippen molar-refractivity contribution >= 4 is 21.8 Å². The molecule has 152 valence electrons. The summed E-state index contributed by atoms with van der Waals surface area (Å²) in [4.78, 5) is 17.9.